The van der Waals surface area contributed by atoms with Crippen LogP contribution in [-0.4, -0.2) is 15.0 Å². The van der Waals surface area contributed by atoms with Gasteiger partial charge in [-0.25, -0.2) is 8.78 Å². The number of anilines is 1. The first-order chi connectivity index (χ1) is 6.97. The van der Waals surface area contributed by atoms with E-state index in [1.54, 1.807) is 0 Å². The highest BCUT2D eigenvalue weighted by molar-refractivity contribution is 5.60. The summed E-state index contributed by atoms with van der Waals surface area (Å²) in [5, 5.41) is 19.1. The molecule has 3 N–H and O–H groups in total. The molecule has 0 unspecified atom stereocenters. The molecule has 0 amide bonds. The van der Waals surface area contributed by atoms with Gasteiger partial charge >= 0.3 is 5.82 Å². The van der Waals surface area contributed by atoms with Crippen molar-refractivity contribution in [3.63, 3.8) is 0 Å². The largest absolute Gasteiger partial charge is 0.391 e. The van der Waals surface area contributed by atoms with Crippen molar-refractivity contribution in [3.8, 4) is 0 Å². The molecule has 0 atom stereocenters. The van der Waals surface area contributed by atoms with Gasteiger partial charge in [0.1, 0.15) is 12.3 Å². The molecule has 0 saturated heterocycles. The number of aromatic nitrogens is 1. The van der Waals surface area contributed by atoms with Crippen molar-refractivity contribution in [2.45, 2.75) is 13.0 Å². The van der Waals surface area contributed by atoms with Crippen LogP contribution in [0.5, 0.6) is 0 Å². The summed E-state index contributed by atoms with van der Waals surface area (Å²) < 4.78 is 24.8. The maximum absolute atomic E-state index is 12.4. The van der Waals surface area contributed by atoms with Crippen molar-refractivity contribution in [3.05, 3.63) is 27.4 Å². The topological polar surface area (TPSA) is 102 Å². The third kappa shape index (κ3) is 2.15. The molecule has 6 nitrogen and oxygen atoms in total. The number of alkyl halides is 2. The van der Waals surface area contributed by atoms with Gasteiger partial charge in [-0.2, -0.15) is 0 Å². The molecule has 1 heterocycles. The van der Waals surface area contributed by atoms with Gasteiger partial charge in [0.05, 0.1) is 5.56 Å². The third-order valence-electron chi connectivity index (χ3n) is 1.69. The monoisotopic (exact) mass is 219 g/mol. The molecule has 15 heavy (non-hydrogen) atoms. The second-order valence-corrected chi connectivity index (χ2v) is 2.66. The summed E-state index contributed by atoms with van der Waals surface area (Å²) in [6.45, 7) is -0.666. The van der Waals surface area contributed by atoms with Gasteiger partial charge in [0.2, 0.25) is 0 Å². The van der Waals surface area contributed by atoms with Gasteiger partial charge in [0.25, 0.3) is 6.43 Å². The lowest BCUT2D eigenvalue weighted by Crippen LogP contribution is -2.06. The summed E-state index contributed by atoms with van der Waals surface area (Å²) in [5.41, 5.74) is 3.56. The van der Waals surface area contributed by atoms with Gasteiger partial charge in [-0.1, -0.05) is 0 Å². The smallest absolute Gasteiger partial charge is 0.387 e. The van der Waals surface area contributed by atoms with Gasteiger partial charge in [0.15, 0.2) is 5.69 Å². The minimum absolute atomic E-state index is 0.216. The summed E-state index contributed by atoms with van der Waals surface area (Å²) in [7, 11) is 0. The molecule has 0 bridgehead atoms. The number of nitro groups is 1. The fraction of sp³-hybridized carbons (Fsp3) is 0.286. The van der Waals surface area contributed by atoms with Crippen LogP contribution >= 0.6 is 0 Å². The molecule has 1 rings (SSSR count). The first kappa shape index (κ1) is 11.2. The highest BCUT2D eigenvalue weighted by Crippen LogP contribution is 2.31. The Bertz CT molecular complexity index is 397. The summed E-state index contributed by atoms with van der Waals surface area (Å²) in [6.07, 6.45) is -2.95. The minimum atomic E-state index is -2.95. The second kappa shape index (κ2) is 4.13. The van der Waals surface area contributed by atoms with E-state index in [0.29, 0.717) is 0 Å². The zero-order valence-corrected chi connectivity index (χ0v) is 7.35. The lowest BCUT2D eigenvalue weighted by Gasteiger charge is -2.05. The molecule has 0 aliphatic carbocycles. The van der Waals surface area contributed by atoms with Crippen LogP contribution in [0.25, 0.3) is 0 Å². The number of nitrogens with two attached hydrogens (primary N) is 1. The number of aliphatic hydroxyl groups is 1. The Kier molecular flexibility index (Phi) is 3.10. The SMILES string of the molecule is Nc1c(C(F)F)cc(CO)nc1[N+](=O)[O-]. The molecular weight excluding hydrogens is 212 g/mol. The molecule has 82 valence electrons. The lowest BCUT2D eigenvalue weighted by atomic mass is 10.2. The standard InChI is InChI=1S/C7H7F2N3O3/c8-6(9)4-1-3(2-13)11-7(5(4)10)12(14)15/h1,6,13H,2,10H2. The Morgan fingerprint density at radius 2 is 2.27 bits per heavy atom. The quantitative estimate of drug-likeness (QED) is 0.583. The highest BCUT2D eigenvalue weighted by atomic mass is 19.3. The van der Waals surface area contributed by atoms with E-state index in [1.807, 2.05) is 0 Å². The first-order valence-corrected chi connectivity index (χ1v) is 3.80. The maximum Gasteiger partial charge on any atom is 0.387 e. The average Bonchev–Trinajstić information content (AvgIpc) is 2.17. The fourth-order valence-corrected chi connectivity index (χ4v) is 1.02. The van der Waals surface area contributed by atoms with Crippen molar-refractivity contribution in [2.75, 3.05) is 5.73 Å². The van der Waals surface area contributed by atoms with E-state index in [4.69, 9.17) is 10.8 Å². The second-order valence-electron chi connectivity index (χ2n) is 2.66. The average molecular weight is 219 g/mol. The molecule has 0 aromatic carbocycles. The molecule has 0 spiro atoms. The third-order valence-corrected chi connectivity index (χ3v) is 1.69. The predicted octanol–water partition coefficient (Wildman–Crippen LogP) is 1.00. The van der Waals surface area contributed by atoms with Crippen LogP contribution in [0.2, 0.25) is 0 Å². The van der Waals surface area contributed by atoms with E-state index < -0.39 is 35.0 Å². The minimum Gasteiger partial charge on any atom is -0.391 e. The van der Waals surface area contributed by atoms with Crippen molar-refractivity contribution < 1.29 is 18.8 Å². The van der Waals surface area contributed by atoms with Gasteiger partial charge in [-0.05, 0) is 16.0 Å². The van der Waals surface area contributed by atoms with Gasteiger partial charge in [-0.3, -0.25) is 0 Å². The van der Waals surface area contributed by atoms with E-state index >= 15 is 0 Å². The van der Waals surface area contributed by atoms with Crippen molar-refractivity contribution in [1.29, 1.82) is 0 Å². The molecular formula is C7H7F2N3O3. The number of hydrogen-bond donors (Lipinski definition) is 2. The molecule has 0 fully saturated rings. The van der Waals surface area contributed by atoms with Crippen LogP contribution in [0.15, 0.2) is 6.07 Å². The zero-order valence-electron chi connectivity index (χ0n) is 7.35. The molecule has 1 aromatic heterocycles. The number of pyridine rings is 1. The van der Waals surface area contributed by atoms with Crippen molar-refractivity contribution in [2.24, 2.45) is 0 Å². The van der Waals surface area contributed by atoms with E-state index in [2.05, 4.69) is 4.98 Å². The summed E-state index contributed by atoms with van der Waals surface area (Å²) in [4.78, 5) is 12.8. The summed E-state index contributed by atoms with van der Waals surface area (Å²) in [5.74, 6) is -0.864. The number of rotatable bonds is 3. The number of halogens is 2. The number of hydrogen-bond acceptors (Lipinski definition) is 5. The Morgan fingerprint density at radius 1 is 1.67 bits per heavy atom. The number of nitrogen functional groups attached to an aromatic ring is 1. The van der Waals surface area contributed by atoms with Crippen LogP contribution in [0.3, 0.4) is 0 Å². The highest BCUT2D eigenvalue weighted by Gasteiger charge is 2.24. The molecule has 0 saturated carbocycles. The van der Waals surface area contributed by atoms with Gasteiger partial charge in [-0.15, -0.1) is 0 Å². The fourth-order valence-electron chi connectivity index (χ4n) is 1.02. The Balaban J connectivity index is 3.40. The predicted molar refractivity (Wildman–Crippen MR) is 46.2 cm³/mol. The van der Waals surface area contributed by atoms with E-state index in [-0.39, 0.29) is 5.69 Å². The van der Waals surface area contributed by atoms with E-state index in [0.717, 1.165) is 6.07 Å². The normalized spacial score (nSPS) is 10.7. The lowest BCUT2D eigenvalue weighted by molar-refractivity contribution is -0.388. The zero-order chi connectivity index (χ0) is 11.6. The van der Waals surface area contributed by atoms with E-state index in [9.17, 15) is 18.9 Å². The Morgan fingerprint density at radius 3 is 2.67 bits per heavy atom. The molecule has 0 aliphatic heterocycles. The Labute approximate surface area is 82.5 Å². The van der Waals surface area contributed by atoms with Crippen LogP contribution in [0.1, 0.15) is 17.7 Å². The molecule has 0 aliphatic rings. The maximum atomic E-state index is 12.4. The van der Waals surface area contributed by atoms with Crippen molar-refractivity contribution >= 4 is 11.5 Å². The van der Waals surface area contributed by atoms with Crippen LogP contribution in [-0.2, 0) is 6.61 Å². The first-order valence-electron chi connectivity index (χ1n) is 3.80. The molecule has 8 heteroatoms. The summed E-state index contributed by atoms with van der Waals surface area (Å²) in [6, 6.07) is 0.840. The van der Waals surface area contributed by atoms with Crippen molar-refractivity contribution in [1.82, 2.24) is 4.98 Å². The number of aliphatic hydroxyl groups excluding tert-OH is 1. The van der Waals surface area contributed by atoms with Gasteiger partial charge in [0, 0.05) is 0 Å². The van der Waals surface area contributed by atoms with E-state index in [1.165, 1.54) is 0 Å². The van der Waals surface area contributed by atoms with Crippen LogP contribution in [0, 0.1) is 10.1 Å². The van der Waals surface area contributed by atoms with Crippen LogP contribution < -0.4 is 5.73 Å². The Hall–Kier alpha value is -1.83. The van der Waals surface area contributed by atoms with Gasteiger partial charge < -0.3 is 21.0 Å². The summed E-state index contributed by atoms with van der Waals surface area (Å²) >= 11 is 0. The molecule has 0 radical (unpaired) electrons. The molecule has 1 aromatic rings. The number of nitrogens with zero attached hydrogens (tertiary/aromatic N) is 2. The van der Waals surface area contributed by atoms with Crippen LogP contribution in [0.4, 0.5) is 20.3 Å².